The zero-order valence-corrected chi connectivity index (χ0v) is 16.4. The van der Waals surface area contributed by atoms with Crippen molar-refractivity contribution in [3.8, 4) is 0 Å². The molecule has 1 amide bonds. The molecule has 4 rings (SSSR count). The molecule has 0 radical (unpaired) electrons. The average molecular weight is 439 g/mol. The fourth-order valence-corrected chi connectivity index (χ4v) is 3.89. The van der Waals surface area contributed by atoms with E-state index in [1.165, 1.54) is 24.6 Å². The zero-order chi connectivity index (χ0) is 21.3. The lowest BCUT2D eigenvalue weighted by Gasteiger charge is -2.31. The van der Waals surface area contributed by atoms with E-state index < -0.39 is 17.8 Å². The van der Waals surface area contributed by atoms with Crippen LogP contribution in [0.25, 0.3) is 10.9 Å². The van der Waals surface area contributed by atoms with Gasteiger partial charge in [0.1, 0.15) is 12.0 Å². The molecule has 10 heteroatoms. The van der Waals surface area contributed by atoms with Crippen LogP contribution in [0.4, 0.5) is 18.9 Å². The van der Waals surface area contributed by atoms with Crippen LogP contribution >= 0.6 is 11.6 Å². The molecular weight excluding hydrogens is 421 g/mol. The van der Waals surface area contributed by atoms with Crippen molar-refractivity contribution in [1.29, 1.82) is 0 Å². The van der Waals surface area contributed by atoms with Gasteiger partial charge in [-0.05, 0) is 49.9 Å². The van der Waals surface area contributed by atoms with Crippen LogP contribution in [-0.4, -0.2) is 28.0 Å². The van der Waals surface area contributed by atoms with Gasteiger partial charge in [0.25, 0.3) is 5.89 Å². The highest BCUT2D eigenvalue weighted by Crippen LogP contribution is 2.35. The highest BCUT2D eigenvalue weighted by Gasteiger charge is 2.34. The van der Waals surface area contributed by atoms with Crippen molar-refractivity contribution in [2.45, 2.75) is 43.9 Å². The molecule has 1 fully saturated rings. The lowest BCUT2D eigenvalue weighted by molar-refractivity contribution is -0.140. The molecule has 1 aliphatic carbocycles. The SMILES string of the molecule is O=C(N[C@@H]1CCC[C@H](Nc2cc(C(F)(F)F)nc3ccc(Cl)cc23)C1)c1ncco1. The number of fused-ring (bicyclic) bond motifs is 1. The van der Waals surface area contributed by atoms with E-state index in [-0.39, 0.29) is 23.5 Å². The van der Waals surface area contributed by atoms with Crippen molar-refractivity contribution in [3.05, 3.63) is 53.3 Å². The highest BCUT2D eigenvalue weighted by molar-refractivity contribution is 6.31. The van der Waals surface area contributed by atoms with Gasteiger partial charge in [0.05, 0.1) is 11.7 Å². The number of carbonyl (C=O) groups is 1. The Labute approximate surface area is 174 Å². The third-order valence-corrected chi connectivity index (χ3v) is 5.29. The van der Waals surface area contributed by atoms with Gasteiger partial charge < -0.3 is 15.1 Å². The summed E-state index contributed by atoms with van der Waals surface area (Å²) in [6.07, 6.45) is 1.03. The molecule has 0 aliphatic heterocycles. The van der Waals surface area contributed by atoms with Crippen LogP contribution in [0.3, 0.4) is 0 Å². The third-order valence-electron chi connectivity index (χ3n) is 5.06. The first-order valence-corrected chi connectivity index (χ1v) is 9.82. The Morgan fingerprint density at radius 1 is 1.20 bits per heavy atom. The largest absolute Gasteiger partial charge is 0.441 e. The van der Waals surface area contributed by atoms with Gasteiger partial charge in [0.15, 0.2) is 0 Å². The van der Waals surface area contributed by atoms with Crippen LogP contribution in [0, 0.1) is 0 Å². The van der Waals surface area contributed by atoms with Crippen LogP contribution in [0.15, 0.2) is 41.1 Å². The number of hydrogen-bond acceptors (Lipinski definition) is 5. The molecule has 1 aliphatic rings. The van der Waals surface area contributed by atoms with Crippen molar-refractivity contribution in [2.24, 2.45) is 0 Å². The number of alkyl halides is 3. The standard InChI is InChI=1S/C20H18ClF3N4O2/c21-11-4-5-15-14(8-11)16(10-17(28-15)20(22,23)24)26-12-2-1-3-13(9-12)27-18(29)19-25-6-7-30-19/h4-8,10,12-13H,1-3,9H2,(H,26,28)(H,27,29)/t12-,13+/m0/s1. The molecule has 2 atom stereocenters. The summed E-state index contributed by atoms with van der Waals surface area (Å²) in [7, 11) is 0. The summed E-state index contributed by atoms with van der Waals surface area (Å²) in [4.78, 5) is 19.7. The molecule has 2 aromatic heterocycles. The smallest absolute Gasteiger partial charge is 0.433 e. The minimum absolute atomic E-state index is 0.0188. The number of benzene rings is 1. The fraction of sp³-hybridized carbons (Fsp3) is 0.350. The van der Waals surface area contributed by atoms with Crippen LogP contribution in [0.5, 0.6) is 0 Å². The lowest BCUT2D eigenvalue weighted by atomic mass is 9.90. The first-order chi connectivity index (χ1) is 14.3. The second-order valence-electron chi connectivity index (χ2n) is 7.23. The fourth-order valence-electron chi connectivity index (χ4n) is 3.72. The van der Waals surface area contributed by atoms with E-state index in [9.17, 15) is 18.0 Å². The number of rotatable bonds is 4. The molecule has 2 N–H and O–H groups in total. The summed E-state index contributed by atoms with van der Waals surface area (Å²) in [5.74, 6) is -0.430. The van der Waals surface area contributed by atoms with Crippen LogP contribution in [-0.2, 0) is 6.18 Å². The average Bonchev–Trinajstić information content (AvgIpc) is 3.23. The number of nitrogens with zero attached hydrogens (tertiary/aromatic N) is 2. The Bertz CT molecular complexity index is 1060. The summed E-state index contributed by atoms with van der Waals surface area (Å²) in [6.45, 7) is 0. The second kappa shape index (κ2) is 8.14. The Balaban J connectivity index is 1.55. The van der Waals surface area contributed by atoms with E-state index in [1.54, 1.807) is 6.07 Å². The number of oxazole rings is 1. The Morgan fingerprint density at radius 2 is 2.00 bits per heavy atom. The van der Waals surface area contributed by atoms with Gasteiger partial charge in [-0.1, -0.05) is 11.6 Å². The number of pyridine rings is 1. The normalized spacial score (nSPS) is 19.6. The summed E-state index contributed by atoms with van der Waals surface area (Å²) in [5, 5.41) is 7.01. The van der Waals surface area contributed by atoms with Gasteiger partial charge in [-0.25, -0.2) is 9.97 Å². The van der Waals surface area contributed by atoms with E-state index in [0.717, 1.165) is 25.3 Å². The van der Waals surface area contributed by atoms with Crippen LogP contribution < -0.4 is 10.6 Å². The third kappa shape index (κ3) is 4.51. The molecule has 6 nitrogen and oxygen atoms in total. The number of nitrogens with one attached hydrogen (secondary N) is 2. The molecule has 1 saturated carbocycles. The number of anilines is 1. The van der Waals surface area contributed by atoms with E-state index >= 15 is 0 Å². The van der Waals surface area contributed by atoms with E-state index in [2.05, 4.69) is 20.6 Å². The quantitative estimate of drug-likeness (QED) is 0.596. The van der Waals surface area contributed by atoms with Crippen molar-refractivity contribution >= 4 is 34.1 Å². The van der Waals surface area contributed by atoms with Crippen LogP contribution in [0.1, 0.15) is 42.1 Å². The minimum Gasteiger partial charge on any atom is -0.441 e. The summed E-state index contributed by atoms with van der Waals surface area (Å²) >= 11 is 6.05. The van der Waals surface area contributed by atoms with Gasteiger partial charge >= 0.3 is 12.1 Å². The van der Waals surface area contributed by atoms with Crippen molar-refractivity contribution in [2.75, 3.05) is 5.32 Å². The predicted molar refractivity (Wildman–Crippen MR) is 105 cm³/mol. The molecular formula is C20H18ClF3N4O2. The molecule has 3 aromatic rings. The minimum atomic E-state index is -4.57. The van der Waals surface area contributed by atoms with Crippen molar-refractivity contribution in [1.82, 2.24) is 15.3 Å². The van der Waals surface area contributed by atoms with Gasteiger partial charge in [-0.3, -0.25) is 4.79 Å². The Morgan fingerprint density at radius 3 is 2.73 bits per heavy atom. The van der Waals surface area contributed by atoms with Crippen molar-refractivity contribution < 1.29 is 22.4 Å². The maximum atomic E-state index is 13.3. The highest BCUT2D eigenvalue weighted by atomic mass is 35.5. The predicted octanol–water partition coefficient (Wildman–Crippen LogP) is 5.05. The van der Waals surface area contributed by atoms with Gasteiger partial charge in [0, 0.05) is 28.2 Å². The number of carbonyl (C=O) groups excluding carboxylic acids is 1. The van der Waals surface area contributed by atoms with Gasteiger partial charge in [-0.15, -0.1) is 0 Å². The Kier molecular flexibility index (Phi) is 5.55. The molecule has 1 aromatic carbocycles. The topological polar surface area (TPSA) is 80.0 Å². The zero-order valence-electron chi connectivity index (χ0n) is 15.7. The maximum Gasteiger partial charge on any atom is 0.433 e. The van der Waals surface area contributed by atoms with Gasteiger partial charge in [-0.2, -0.15) is 13.2 Å². The second-order valence-corrected chi connectivity index (χ2v) is 7.67. The summed E-state index contributed by atoms with van der Waals surface area (Å²) in [5.41, 5.74) is -0.440. The molecule has 0 unspecified atom stereocenters. The van der Waals surface area contributed by atoms with E-state index in [4.69, 9.17) is 16.0 Å². The first kappa shape index (κ1) is 20.5. The number of amides is 1. The van der Waals surface area contributed by atoms with E-state index in [0.29, 0.717) is 22.5 Å². The number of hydrogen-bond donors (Lipinski definition) is 2. The molecule has 0 saturated heterocycles. The number of aromatic nitrogens is 2. The molecule has 158 valence electrons. The maximum absolute atomic E-state index is 13.3. The summed E-state index contributed by atoms with van der Waals surface area (Å²) in [6, 6.07) is 5.31. The monoisotopic (exact) mass is 438 g/mol. The molecule has 30 heavy (non-hydrogen) atoms. The number of halogens is 4. The van der Waals surface area contributed by atoms with Crippen LogP contribution in [0.2, 0.25) is 5.02 Å². The van der Waals surface area contributed by atoms with E-state index in [1.807, 2.05) is 0 Å². The lowest BCUT2D eigenvalue weighted by Crippen LogP contribution is -2.42. The van der Waals surface area contributed by atoms with Crippen molar-refractivity contribution in [3.63, 3.8) is 0 Å². The first-order valence-electron chi connectivity index (χ1n) is 9.44. The summed E-state index contributed by atoms with van der Waals surface area (Å²) < 4.78 is 44.9. The molecule has 2 heterocycles. The van der Waals surface area contributed by atoms with Gasteiger partial charge in [0.2, 0.25) is 0 Å². The molecule has 0 spiro atoms. The Hall–Kier alpha value is -2.81. The molecule has 0 bridgehead atoms.